The Morgan fingerprint density at radius 3 is 2.21 bits per heavy atom. The molecule has 0 aliphatic heterocycles. The standard InChI is InChI=1S/C24H23Cl3N2O3S2/c1-16(18-4-8-20(33-2)9-5-18)28-24(30)15-29(14-17-3-12-22(26)23(27)13-17)34(31,32)21-10-6-19(25)7-11-21/h3-13,16H,14-15H2,1-2H3,(H,28,30)/t16-/m0/s1. The number of rotatable bonds is 9. The molecule has 0 saturated carbocycles. The summed E-state index contributed by atoms with van der Waals surface area (Å²) in [6, 6.07) is 18.2. The number of thioether (sulfide) groups is 1. The van der Waals surface area contributed by atoms with Crippen molar-refractivity contribution in [2.45, 2.75) is 29.3 Å². The average Bonchev–Trinajstić information content (AvgIpc) is 2.81. The zero-order valence-electron chi connectivity index (χ0n) is 18.5. The highest BCUT2D eigenvalue weighted by atomic mass is 35.5. The van der Waals surface area contributed by atoms with Gasteiger partial charge in [0.05, 0.1) is 27.5 Å². The van der Waals surface area contributed by atoms with Gasteiger partial charge in [-0.1, -0.05) is 53.0 Å². The fraction of sp³-hybridized carbons (Fsp3) is 0.208. The number of sulfonamides is 1. The minimum atomic E-state index is -4.01. The Balaban J connectivity index is 1.83. The number of nitrogens with zero attached hydrogens (tertiary/aromatic N) is 1. The van der Waals surface area contributed by atoms with Crippen LogP contribution in [0, 0.1) is 0 Å². The molecule has 0 radical (unpaired) electrons. The molecule has 0 spiro atoms. The number of carbonyl (C=O) groups is 1. The van der Waals surface area contributed by atoms with E-state index >= 15 is 0 Å². The summed E-state index contributed by atoms with van der Waals surface area (Å²) in [6.07, 6.45) is 1.99. The van der Waals surface area contributed by atoms with Gasteiger partial charge in [0.15, 0.2) is 0 Å². The first kappa shape index (κ1) is 26.9. The maximum atomic E-state index is 13.4. The smallest absolute Gasteiger partial charge is 0.243 e. The molecule has 0 aromatic heterocycles. The molecule has 10 heteroatoms. The predicted molar refractivity (Wildman–Crippen MR) is 140 cm³/mol. The van der Waals surface area contributed by atoms with Gasteiger partial charge in [0.1, 0.15) is 0 Å². The summed E-state index contributed by atoms with van der Waals surface area (Å²) >= 11 is 19.7. The average molecular weight is 558 g/mol. The monoisotopic (exact) mass is 556 g/mol. The van der Waals surface area contributed by atoms with Crippen LogP contribution in [0.1, 0.15) is 24.1 Å². The summed E-state index contributed by atoms with van der Waals surface area (Å²) in [6.45, 7) is 1.41. The van der Waals surface area contributed by atoms with E-state index in [1.54, 1.807) is 30.0 Å². The maximum Gasteiger partial charge on any atom is 0.243 e. The predicted octanol–water partition coefficient (Wildman–Crippen LogP) is 6.44. The van der Waals surface area contributed by atoms with Crippen LogP contribution in [0.3, 0.4) is 0 Å². The van der Waals surface area contributed by atoms with Crippen LogP contribution in [0.25, 0.3) is 0 Å². The highest BCUT2D eigenvalue weighted by molar-refractivity contribution is 7.98. The van der Waals surface area contributed by atoms with Gasteiger partial charge in [-0.25, -0.2) is 8.42 Å². The van der Waals surface area contributed by atoms with Crippen molar-refractivity contribution in [3.8, 4) is 0 Å². The number of amides is 1. The molecular formula is C24H23Cl3N2O3S2. The summed E-state index contributed by atoms with van der Waals surface area (Å²) in [5, 5.41) is 3.95. The van der Waals surface area contributed by atoms with Gasteiger partial charge in [0.2, 0.25) is 15.9 Å². The van der Waals surface area contributed by atoms with E-state index in [4.69, 9.17) is 34.8 Å². The van der Waals surface area contributed by atoms with Gasteiger partial charge in [-0.2, -0.15) is 4.31 Å². The van der Waals surface area contributed by atoms with Crippen LogP contribution in [0.15, 0.2) is 76.5 Å². The highest BCUT2D eigenvalue weighted by Gasteiger charge is 2.27. The Kier molecular flexibility index (Phi) is 9.32. The third-order valence-corrected chi connectivity index (χ3v) is 8.65. The molecule has 5 nitrogen and oxygen atoms in total. The molecule has 0 aliphatic rings. The van der Waals surface area contributed by atoms with Crippen molar-refractivity contribution in [2.24, 2.45) is 0 Å². The van der Waals surface area contributed by atoms with E-state index in [-0.39, 0.29) is 24.0 Å². The molecule has 1 atom stereocenters. The molecule has 34 heavy (non-hydrogen) atoms. The molecule has 1 N–H and O–H groups in total. The molecule has 0 unspecified atom stereocenters. The van der Waals surface area contributed by atoms with Gasteiger partial charge in [-0.3, -0.25) is 4.79 Å². The van der Waals surface area contributed by atoms with Crippen molar-refractivity contribution >= 4 is 62.5 Å². The maximum absolute atomic E-state index is 13.4. The molecule has 3 aromatic rings. The van der Waals surface area contributed by atoms with Crippen molar-refractivity contribution in [3.63, 3.8) is 0 Å². The van der Waals surface area contributed by atoms with Crippen LogP contribution >= 0.6 is 46.6 Å². The second-order valence-corrected chi connectivity index (χ2v) is 11.6. The van der Waals surface area contributed by atoms with Crippen molar-refractivity contribution in [3.05, 3.63) is 92.9 Å². The molecule has 1 amide bonds. The summed E-state index contributed by atoms with van der Waals surface area (Å²) in [4.78, 5) is 14.1. The fourth-order valence-corrected chi connectivity index (χ4v) is 5.49. The largest absolute Gasteiger partial charge is 0.348 e. The Morgan fingerprint density at radius 1 is 0.971 bits per heavy atom. The van der Waals surface area contributed by atoms with E-state index in [0.29, 0.717) is 20.6 Å². The van der Waals surface area contributed by atoms with Crippen molar-refractivity contribution in [1.82, 2.24) is 9.62 Å². The molecular weight excluding hydrogens is 535 g/mol. The quantitative estimate of drug-likeness (QED) is 0.308. The summed E-state index contributed by atoms with van der Waals surface area (Å²) in [5.74, 6) is -0.431. The third kappa shape index (κ3) is 6.90. The van der Waals surface area contributed by atoms with Gasteiger partial charge in [-0.15, -0.1) is 11.8 Å². The van der Waals surface area contributed by atoms with Crippen LogP contribution in [-0.4, -0.2) is 31.4 Å². The minimum absolute atomic E-state index is 0.0328. The molecule has 0 heterocycles. The lowest BCUT2D eigenvalue weighted by Crippen LogP contribution is -2.41. The molecule has 180 valence electrons. The second-order valence-electron chi connectivity index (χ2n) is 7.54. The van der Waals surface area contributed by atoms with E-state index in [9.17, 15) is 13.2 Å². The van der Waals surface area contributed by atoms with Crippen LogP contribution in [0.2, 0.25) is 15.1 Å². The Morgan fingerprint density at radius 2 is 1.62 bits per heavy atom. The highest BCUT2D eigenvalue weighted by Crippen LogP contribution is 2.26. The van der Waals surface area contributed by atoms with Crippen molar-refractivity contribution in [2.75, 3.05) is 12.8 Å². The second kappa shape index (κ2) is 11.8. The van der Waals surface area contributed by atoms with Gasteiger partial charge < -0.3 is 5.32 Å². The van der Waals surface area contributed by atoms with E-state index in [2.05, 4.69) is 5.32 Å². The third-order valence-electron chi connectivity index (χ3n) is 5.11. The first-order valence-electron chi connectivity index (χ1n) is 10.2. The SMILES string of the molecule is CSc1ccc([C@H](C)NC(=O)CN(Cc2ccc(Cl)c(Cl)c2)S(=O)(=O)c2ccc(Cl)cc2)cc1. The normalized spacial score (nSPS) is 12.5. The molecule has 0 bridgehead atoms. The van der Waals surface area contributed by atoms with E-state index in [1.165, 1.54) is 24.3 Å². The first-order valence-corrected chi connectivity index (χ1v) is 14.0. The lowest BCUT2D eigenvalue weighted by atomic mass is 10.1. The van der Waals surface area contributed by atoms with Crippen LogP contribution < -0.4 is 5.32 Å². The molecule has 0 saturated heterocycles. The number of carbonyl (C=O) groups excluding carboxylic acids is 1. The molecule has 3 aromatic carbocycles. The molecule has 0 fully saturated rings. The lowest BCUT2D eigenvalue weighted by Gasteiger charge is -2.23. The number of benzene rings is 3. The number of halogens is 3. The zero-order chi connectivity index (χ0) is 24.9. The van der Waals surface area contributed by atoms with Crippen LogP contribution in [0.4, 0.5) is 0 Å². The number of hydrogen-bond acceptors (Lipinski definition) is 4. The van der Waals surface area contributed by atoms with Crippen LogP contribution in [-0.2, 0) is 21.4 Å². The van der Waals surface area contributed by atoms with Gasteiger partial charge in [-0.05, 0) is 72.8 Å². The molecule has 3 rings (SSSR count). The number of nitrogens with one attached hydrogen (secondary N) is 1. The Labute approximate surface area is 219 Å². The molecule has 0 aliphatic carbocycles. The van der Waals surface area contributed by atoms with Crippen LogP contribution in [0.5, 0.6) is 0 Å². The number of hydrogen-bond donors (Lipinski definition) is 1. The van der Waals surface area contributed by atoms with Gasteiger partial charge in [0.25, 0.3) is 0 Å². The van der Waals surface area contributed by atoms with Gasteiger partial charge >= 0.3 is 0 Å². The lowest BCUT2D eigenvalue weighted by molar-refractivity contribution is -0.122. The Bertz CT molecular complexity index is 1250. The Hall–Kier alpha value is -1.74. The van der Waals surface area contributed by atoms with E-state index in [0.717, 1.165) is 14.8 Å². The minimum Gasteiger partial charge on any atom is -0.348 e. The zero-order valence-corrected chi connectivity index (χ0v) is 22.4. The van der Waals surface area contributed by atoms with E-state index in [1.807, 2.05) is 37.4 Å². The first-order chi connectivity index (χ1) is 16.1. The van der Waals surface area contributed by atoms with E-state index < -0.39 is 15.9 Å². The summed E-state index contributed by atoms with van der Waals surface area (Å²) in [7, 11) is -4.01. The fourth-order valence-electron chi connectivity index (χ4n) is 3.25. The van der Waals surface area contributed by atoms with Crippen molar-refractivity contribution in [1.29, 1.82) is 0 Å². The summed E-state index contributed by atoms with van der Waals surface area (Å²) in [5.41, 5.74) is 1.52. The topological polar surface area (TPSA) is 66.5 Å². The van der Waals surface area contributed by atoms with Crippen molar-refractivity contribution < 1.29 is 13.2 Å². The summed E-state index contributed by atoms with van der Waals surface area (Å²) < 4.78 is 27.9. The van der Waals surface area contributed by atoms with Gasteiger partial charge in [0, 0.05) is 16.5 Å².